The molecule has 2 rings (SSSR count). The Morgan fingerprint density at radius 3 is 2.48 bits per heavy atom. The van der Waals surface area contributed by atoms with Gasteiger partial charge in [-0.05, 0) is 48.7 Å². The Balaban J connectivity index is 1.71. The molecular formula is C18H23NO2. The van der Waals surface area contributed by atoms with Crippen LogP contribution >= 0.6 is 0 Å². The van der Waals surface area contributed by atoms with E-state index >= 15 is 0 Å². The van der Waals surface area contributed by atoms with Crippen LogP contribution in [-0.2, 0) is 6.54 Å². The van der Waals surface area contributed by atoms with E-state index in [0.29, 0.717) is 6.61 Å². The van der Waals surface area contributed by atoms with Crippen LogP contribution in [-0.4, -0.2) is 20.3 Å². The molecule has 3 nitrogen and oxygen atoms in total. The lowest BCUT2D eigenvalue weighted by molar-refractivity contribution is 0.311. The fraction of sp³-hybridized carbons (Fsp3) is 0.333. The second kappa shape index (κ2) is 7.70. The van der Waals surface area contributed by atoms with Gasteiger partial charge in [-0.2, -0.15) is 0 Å². The summed E-state index contributed by atoms with van der Waals surface area (Å²) in [5.41, 5.74) is 3.64. The van der Waals surface area contributed by atoms with E-state index in [4.69, 9.17) is 9.47 Å². The first kappa shape index (κ1) is 15.4. The molecule has 0 saturated heterocycles. The van der Waals surface area contributed by atoms with E-state index in [0.717, 1.165) is 24.6 Å². The van der Waals surface area contributed by atoms with E-state index in [-0.39, 0.29) is 0 Å². The van der Waals surface area contributed by atoms with Crippen molar-refractivity contribution in [1.29, 1.82) is 0 Å². The lowest BCUT2D eigenvalue weighted by Crippen LogP contribution is -2.20. The summed E-state index contributed by atoms with van der Waals surface area (Å²) in [5, 5.41) is 3.38. The van der Waals surface area contributed by atoms with Crippen molar-refractivity contribution in [3.8, 4) is 11.5 Å². The Labute approximate surface area is 126 Å². The summed E-state index contributed by atoms with van der Waals surface area (Å²) >= 11 is 0. The molecule has 112 valence electrons. The molecule has 0 bridgehead atoms. The Morgan fingerprint density at radius 1 is 1.00 bits per heavy atom. The van der Waals surface area contributed by atoms with E-state index < -0.39 is 0 Å². The topological polar surface area (TPSA) is 30.5 Å². The maximum Gasteiger partial charge on any atom is 0.122 e. The third-order valence-corrected chi connectivity index (χ3v) is 3.37. The zero-order chi connectivity index (χ0) is 15.1. The first-order chi connectivity index (χ1) is 10.2. The highest BCUT2D eigenvalue weighted by atomic mass is 16.5. The number of ether oxygens (including phenoxy) is 2. The smallest absolute Gasteiger partial charge is 0.122 e. The quantitative estimate of drug-likeness (QED) is 0.790. The minimum atomic E-state index is 0.667. The third kappa shape index (κ3) is 4.80. The minimum Gasteiger partial charge on any atom is -0.497 e. The van der Waals surface area contributed by atoms with Crippen molar-refractivity contribution in [3.05, 3.63) is 59.2 Å². The molecule has 0 spiro atoms. The number of hydrogen-bond acceptors (Lipinski definition) is 3. The molecule has 0 amide bonds. The first-order valence-corrected chi connectivity index (χ1v) is 7.23. The normalized spacial score (nSPS) is 10.4. The summed E-state index contributed by atoms with van der Waals surface area (Å²) in [6.45, 7) is 6.47. The minimum absolute atomic E-state index is 0.667. The van der Waals surface area contributed by atoms with Crippen LogP contribution in [0.2, 0.25) is 0 Å². The van der Waals surface area contributed by atoms with Gasteiger partial charge >= 0.3 is 0 Å². The van der Waals surface area contributed by atoms with Crippen LogP contribution in [0.1, 0.15) is 16.7 Å². The molecule has 21 heavy (non-hydrogen) atoms. The van der Waals surface area contributed by atoms with Crippen molar-refractivity contribution >= 4 is 0 Å². The number of hydrogen-bond donors (Lipinski definition) is 1. The SMILES string of the molecule is COc1ccc(CNCCOc2cc(C)ccc2C)cc1. The lowest BCUT2D eigenvalue weighted by atomic mass is 10.1. The molecule has 0 unspecified atom stereocenters. The molecule has 0 saturated carbocycles. The van der Waals surface area contributed by atoms with Crippen LogP contribution in [0.25, 0.3) is 0 Å². The highest BCUT2D eigenvalue weighted by Crippen LogP contribution is 2.18. The Morgan fingerprint density at radius 2 is 1.76 bits per heavy atom. The van der Waals surface area contributed by atoms with Gasteiger partial charge in [0.05, 0.1) is 7.11 Å². The Kier molecular flexibility index (Phi) is 5.64. The molecule has 0 aliphatic rings. The van der Waals surface area contributed by atoms with Crippen LogP contribution < -0.4 is 14.8 Å². The molecule has 0 atom stereocenters. The number of benzene rings is 2. The standard InChI is InChI=1S/C18H23NO2/c1-14-4-5-15(2)18(12-14)21-11-10-19-13-16-6-8-17(20-3)9-7-16/h4-9,12,19H,10-11,13H2,1-3H3. The van der Waals surface area contributed by atoms with E-state index in [1.165, 1.54) is 16.7 Å². The molecule has 2 aromatic carbocycles. The molecule has 0 heterocycles. The molecule has 3 heteroatoms. The Hall–Kier alpha value is -2.00. The molecule has 0 aliphatic carbocycles. The van der Waals surface area contributed by atoms with Crippen molar-refractivity contribution in [2.75, 3.05) is 20.3 Å². The average molecular weight is 285 g/mol. The van der Waals surface area contributed by atoms with Crippen LogP contribution in [0, 0.1) is 13.8 Å². The largest absolute Gasteiger partial charge is 0.497 e. The predicted molar refractivity (Wildman–Crippen MR) is 86.1 cm³/mol. The van der Waals surface area contributed by atoms with Gasteiger partial charge in [-0.1, -0.05) is 24.3 Å². The van der Waals surface area contributed by atoms with Crippen molar-refractivity contribution in [2.45, 2.75) is 20.4 Å². The third-order valence-electron chi connectivity index (χ3n) is 3.37. The lowest BCUT2D eigenvalue weighted by Gasteiger charge is -2.11. The highest BCUT2D eigenvalue weighted by Gasteiger charge is 1.99. The van der Waals surface area contributed by atoms with Crippen LogP contribution in [0.3, 0.4) is 0 Å². The molecule has 0 fully saturated rings. The monoisotopic (exact) mass is 285 g/mol. The fourth-order valence-corrected chi connectivity index (χ4v) is 2.07. The first-order valence-electron chi connectivity index (χ1n) is 7.23. The average Bonchev–Trinajstić information content (AvgIpc) is 2.51. The van der Waals surface area contributed by atoms with Gasteiger partial charge in [0.1, 0.15) is 18.1 Å². The zero-order valence-electron chi connectivity index (χ0n) is 13.0. The summed E-state index contributed by atoms with van der Waals surface area (Å²) in [7, 11) is 1.68. The van der Waals surface area contributed by atoms with Gasteiger partial charge in [0.2, 0.25) is 0 Å². The van der Waals surface area contributed by atoms with E-state index in [9.17, 15) is 0 Å². The second-order valence-corrected chi connectivity index (χ2v) is 5.14. The van der Waals surface area contributed by atoms with Crippen LogP contribution in [0.5, 0.6) is 11.5 Å². The van der Waals surface area contributed by atoms with Gasteiger partial charge in [-0.3, -0.25) is 0 Å². The predicted octanol–water partition coefficient (Wildman–Crippen LogP) is 3.48. The van der Waals surface area contributed by atoms with Gasteiger partial charge in [-0.15, -0.1) is 0 Å². The van der Waals surface area contributed by atoms with Gasteiger partial charge < -0.3 is 14.8 Å². The molecule has 2 aromatic rings. The van der Waals surface area contributed by atoms with Crippen molar-refractivity contribution in [2.24, 2.45) is 0 Å². The van der Waals surface area contributed by atoms with Gasteiger partial charge in [0.25, 0.3) is 0 Å². The number of methoxy groups -OCH3 is 1. The van der Waals surface area contributed by atoms with Crippen LogP contribution in [0.15, 0.2) is 42.5 Å². The summed E-state index contributed by atoms with van der Waals surface area (Å²) in [4.78, 5) is 0. The molecule has 0 aliphatic heterocycles. The van der Waals surface area contributed by atoms with Gasteiger partial charge in [-0.25, -0.2) is 0 Å². The summed E-state index contributed by atoms with van der Waals surface area (Å²) in [6, 6.07) is 14.4. The van der Waals surface area contributed by atoms with E-state index in [2.05, 4.69) is 49.5 Å². The van der Waals surface area contributed by atoms with Gasteiger partial charge in [0, 0.05) is 13.1 Å². The van der Waals surface area contributed by atoms with Crippen LogP contribution in [0.4, 0.5) is 0 Å². The van der Waals surface area contributed by atoms with Gasteiger partial charge in [0.15, 0.2) is 0 Å². The van der Waals surface area contributed by atoms with Crippen molar-refractivity contribution < 1.29 is 9.47 Å². The number of nitrogens with one attached hydrogen (secondary N) is 1. The Bertz CT molecular complexity index is 564. The van der Waals surface area contributed by atoms with Crippen molar-refractivity contribution in [3.63, 3.8) is 0 Å². The van der Waals surface area contributed by atoms with Crippen molar-refractivity contribution in [1.82, 2.24) is 5.32 Å². The highest BCUT2D eigenvalue weighted by molar-refractivity contribution is 5.35. The fourth-order valence-electron chi connectivity index (χ4n) is 2.07. The summed E-state index contributed by atoms with van der Waals surface area (Å²) in [5.74, 6) is 1.86. The number of aryl methyl sites for hydroxylation is 2. The van der Waals surface area contributed by atoms with E-state index in [1.807, 2.05) is 12.1 Å². The number of rotatable bonds is 7. The molecule has 0 radical (unpaired) electrons. The zero-order valence-corrected chi connectivity index (χ0v) is 13.0. The van der Waals surface area contributed by atoms with E-state index in [1.54, 1.807) is 7.11 Å². The molecule has 1 N–H and O–H groups in total. The second-order valence-electron chi connectivity index (χ2n) is 5.14. The maximum atomic E-state index is 5.81. The molecular weight excluding hydrogens is 262 g/mol. The summed E-state index contributed by atoms with van der Waals surface area (Å²) in [6.07, 6.45) is 0. The molecule has 0 aromatic heterocycles. The summed E-state index contributed by atoms with van der Waals surface area (Å²) < 4.78 is 11.0. The maximum absolute atomic E-state index is 5.81.